The van der Waals surface area contributed by atoms with Crippen molar-refractivity contribution in [3.8, 4) is 0 Å². The van der Waals surface area contributed by atoms with Crippen LogP contribution in [0.4, 0.5) is 4.79 Å². The normalized spacial score (nSPS) is 11.1. The average Bonchev–Trinajstić information content (AvgIpc) is 0.832. The Bertz CT molecular complexity index is 3710. The van der Waals surface area contributed by atoms with E-state index in [9.17, 15) is 9.59 Å². The third-order valence-electron chi connectivity index (χ3n) is 17.8. The van der Waals surface area contributed by atoms with Crippen molar-refractivity contribution in [2.75, 3.05) is 52.6 Å². The summed E-state index contributed by atoms with van der Waals surface area (Å²) in [5.41, 5.74) is 11.1. The molecule has 2 aliphatic heterocycles. The summed E-state index contributed by atoms with van der Waals surface area (Å²) >= 11 is 0. The van der Waals surface area contributed by atoms with Crippen molar-refractivity contribution in [3.63, 3.8) is 0 Å². The van der Waals surface area contributed by atoms with Crippen LogP contribution in [0, 0.1) is 13.8 Å². The van der Waals surface area contributed by atoms with Crippen LogP contribution in [0.5, 0.6) is 0 Å². The fourth-order valence-electron chi connectivity index (χ4n) is 11.0. The lowest BCUT2D eigenvalue weighted by Crippen LogP contribution is -3.00. The highest BCUT2D eigenvalue weighted by molar-refractivity contribution is 5.74. The fraction of sp³-hybridized carbons (Fsp3) is 0.374. The third-order valence-corrected chi connectivity index (χ3v) is 17.8. The van der Waals surface area contributed by atoms with Crippen molar-refractivity contribution in [2.45, 2.75) is 157 Å². The number of carbonyl (C=O) groups is 2. The number of nitrogens with zero attached hydrogens (tertiary/aromatic N) is 9. The van der Waals surface area contributed by atoms with Gasteiger partial charge in [-0.05, 0) is 59.4 Å². The van der Waals surface area contributed by atoms with Crippen LogP contribution in [0.2, 0.25) is 0 Å². The maximum Gasteiger partial charge on any atom is 0.498 e. The summed E-state index contributed by atoms with van der Waals surface area (Å²) in [5.74, 6) is 0.146. The van der Waals surface area contributed by atoms with Crippen LogP contribution in [0.3, 0.4) is 0 Å². The van der Waals surface area contributed by atoms with E-state index in [2.05, 4.69) is 171 Å². The van der Waals surface area contributed by atoms with Gasteiger partial charge in [0, 0.05) is 116 Å². The summed E-state index contributed by atoms with van der Waals surface area (Å²) < 4.78 is 24.8. The topological polar surface area (TPSA) is 86.2 Å². The summed E-state index contributed by atoms with van der Waals surface area (Å²) in [5, 5.41) is 0. The maximum absolute atomic E-state index is 12.3. The highest BCUT2D eigenvalue weighted by Crippen LogP contribution is 2.14. The molecule has 0 N–H and O–H groups in total. The number of amides is 2. The Morgan fingerprint density at radius 2 is 0.712 bits per heavy atom. The van der Waals surface area contributed by atoms with E-state index < -0.39 is 0 Å². The van der Waals surface area contributed by atoms with Crippen molar-refractivity contribution >= 4 is 54.5 Å². The Balaban J connectivity index is -0.000000608. The first-order valence-electron chi connectivity index (χ1n) is 37.7. The molecule has 9 heterocycles. The van der Waals surface area contributed by atoms with Crippen LogP contribution >= 0.6 is 0 Å². The van der Waals surface area contributed by atoms with Crippen LogP contribution < -0.4 is 140 Å². The number of hydrogen-bond donors (Lipinski definition) is 0. The van der Waals surface area contributed by atoms with E-state index in [4.69, 9.17) is 9.47 Å². The summed E-state index contributed by atoms with van der Waals surface area (Å²) in [6.07, 6.45) is 59.7. The van der Waals surface area contributed by atoms with Gasteiger partial charge in [0.05, 0.1) is 26.4 Å². The average molecular weight is 1840 g/mol. The number of hydrogen-bond acceptors (Lipinski definition) is 4. The number of carbonyl (C=O) groups excluding carboxylic acids is 2. The minimum atomic E-state index is 0. The van der Waals surface area contributed by atoms with E-state index in [1.807, 2.05) is 174 Å². The van der Waals surface area contributed by atoms with E-state index in [1.54, 1.807) is 16.7 Å². The van der Waals surface area contributed by atoms with Crippen molar-refractivity contribution in [2.24, 2.45) is 14.1 Å². The van der Waals surface area contributed by atoms with Crippen molar-refractivity contribution in [3.05, 3.63) is 292 Å². The Hall–Kier alpha value is -6.84. The van der Waals surface area contributed by atoms with E-state index >= 15 is 0 Å². The predicted molar refractivity (Wildman–Crippen MR) is 430 cm³/mol. The smallest absolute Gasteiger partial charge is 0.498 e. The third kappa shape index (κ3) is 48.7. The van der Waals surface area contributed by atoms with Gasteiger partial charge in [0.25, 0.3) is 5.91 Å². The predicted octanol–water partition coefficient (Wildman–Crippen LogP) is -4.47. The van der Waals surface area contributed by atoms with Gasteiger partial charge in [-0.3, -0.25) is 4.79 Å². The first-order valence-corrected chi connectivity index (χ1v) is 37.7. The molecule has 2 amide bonds. The van der Waals surface area contributed by atoms with E-state index in [0.717, 1.165) is 58.8 Å². The quantitative estimate of drug-likeness (QED) is 0.0270. The molecule has 0 atom stereocenters. The number of benzene rings is 1. The Kier molecular flexibility index (Phi) is 69.5. The van der Waals surface area contributed by atoms with E-state index in [-0.39, 0.29) is 120 Å². The van der Waals surface area contributed by atoms with Gasteiger partial charge < -0.3 is 122 Å². The molecule has 0 bridgehead atoms. The molecule has 7 aromatic heterocycles. The van der Waals surface area contributed by atoms with Gasteiger partial charge >= 0.3 is 6.03 Å². The van der Waals surface area contributed by atoms with Gasteiger partial charge in [0.1, 0.15) is 52.2 Å². The van der Waals surface area contributed by atoms with Crippen LogP contribution in [-0.4, -0.2) is 74.3 Å². The molecule has 13 nitrogen and oxygen atoms in total. The zero-order valence-corrected chi connectivity index (χ0v) is 75.3. The number of halogens is 7. The van der Waals surface area contributed by atoms with Crippen molar-refractivity contribution in [1.82, 2.24) is 9.80 Å². The first-order chi connectivity index (χ1) is 50.7. The van der Waals surface area contributed by atoms with Gasteiger partial charge in [-0.1, -0.05) is 216 Å². The number of rotatable bonds is 29. The molecule has 1 aromatic carbocycles. The number of aromatic nitrogens is 7. The van der Waals surface area contributed by atoms with Gasteiger partial charge in [0.2, 0.25) is 6.54 Å². The lowest BCUT2D eigenvalue weighted by Gasteiger charge is -2.25. The van der Waals surface area contributed by atoms with Crippen LogP contribution in [0.1, 0.15) is 172 Å². The molecule has 111 heavy (non-hydrogen) atoms. The second-order valence-corrected chi connectivity index (χ2v) is 26.1. The number of aryl methyl sites for hydroxylation is 6. The number of pyridine rings is 7. The molecule has 0 aliphatic carbocycles. The highest BCUT2D eigenvalue weighted by atomic mass is 127. The Labute approximate surface area is 731 Å². The summed E-state index contributed by atoms with van der Waals surface area (Å²) in [6, 6.07) is 39.0. The standard InChI is InChI=1S/C23H40N.C14H19N2O2.C14H14N.C13H17N2O2.C11H16N.2C8H10N.2BrH.4ClH.HI/c1-3-5-6-7-8-9-10-11-12-13-14-15-16-17-20-24-21-18-23(4-2)19-22-24;1-3-13-5-4-12(2)16(10-13)11-14(17)15-6-8-18-9-7-15;1-2-13-8-10-15(11-9-13)12-14-6-4-3-5-7-14;1-3-12-5-4-11(2)15(10-12)13(16)14-6-8-17-9-7-14;1-3-5-8-12-9-6-11(4-2)7-10-12;2*1-3-8-4-6-9(2)7-5-8;;;;;;;/h4,18-19,21-22H,2-3,5-17,20H2,1H3;3-5,10H,1,6-9,11H2,2H3;2-11H,1,12H2;3-5,10H,1,6-9H2,2H3;4,6-7,9-10H,2-3,5,8H2,1H3;2*3-7H,1H2,2H3;7*1H/q7*+1;;;;;;;/p-7. The van der Waals surface area contributed by atoms with Crippen molar-refractivity contribution < 1.29 is 159 Å². The molecule has 0 saturated carbocycles. The molecule has 10 rings (SSSR count). The second-order valence-electron chi connectivity index (χ2n) is 26.1. The largest absolute Gasteiger partial charge is 1.00 e. The van der Waals surface area contributed by atoms with Gasteiger partial charge in [-0.15, -0.1) is 0 Å². The van der Waals surface area contributed by atoms with Crippen LogP contribution in [0.15, 0.2) is 236 Å². The van der Waals surface area contributed by atoms with Gasteiger partial charge in [0.15, 0.2) is 80.4 Å². The highest BCUT2D eigenvalue weighted by Gasteiger charge is 2.28. The molecule has 0 spiro atoms. The summed E-state index contributed by atoms with van der Waals surface area (Å²) in [7, 11) is 3.99. The summed E-state index contributed by atoms with van der Waals surface area (Å²) in [6.45, 7) is 43.2. The molecule has 2 fully saturated rings. The van der Waals surface area contributed by atoms with Gasteiger partial charge in [-0.25, -0.2) is 27.7 Å². The number of morpholine rings is 2. The SMILES string of the molecule is C=Cc1cc[n+](C)cc1.C=Cc1cc[n+](C)cc1.C=Cc1cc[n+](CCCC)cc1.C=Cc1cc[n+](CCCCCCCCCCCCCCCC)cc1.C=Cc1cc[n+](Cc2ccccc2)cc1.C=Cc1ccc(C)[n+](C(=O)N2CCOCC2)c1.C=Cc1ccc(C)[n+](CC(=O)N2CCOCC2)c1.[Br-].[Br-].[Cl-].[Cl-].[Cl-].[Cl-].[I-]. The Morgan fingerprint density at radius 3 is 1.09 bits per heavy atom. The molecule has 20 heteroatoms. The lowest BCUT2D eigenvalue weighted by molar-refractivity contribution is -0.697. The molecule has 0 radical (unpaired) electrons. The zero-order valence-electron chi connectivity index (χ0n) is 67.0. The Morgan fingerprint density at radius 1 is 0.387 bits per heavy atom. The number of unbranched alkanes of at least 4 members (excludes halogenated alkanes) is 14. The second kappa shape index (κ2) is 69.8. The molecule has 608 valence electrons. The number of ether oxygens (including phenoxy) is 2. The summed E-state index contributed by atoms with van der Waals surface area (Å²) in [4.78, 5) is 28.1. The minimum absolute atomic E-state index is 0. The first kappa shape index (κ1) is 110. The monoisotopic (exact) mass is 1830 g/mol. The van der Waals surface area contributed by atoms with Crippen molar-refractivity contribution in [1.29, 1.82) is 0 Å². The molecule has 2 aliphatic rings. The molecular formula is C91H126Br2Cl4IN9O4. The minimum Gasteiger partial charge on any atom is -1.00 e. The van der Waals surface area contributed by atoms with E-state index in [0.29, 0.717) is 59.2 Å². The maximum atomic E-state index is 12.3. The molecule has 2 saturated heterocycles. The fourth-order valence-corrected chi connectivity index (χ4v) is 11.0. The zero-order chi connectivity index (χ0) is 75.2. The molecular weight excluding hydrogens is 1710 g/mol. The van der Waals surface area contributed by atoms with Crippen LogP contribution in [-0.2, 0) is 54.5 Å². The lowest BCUT2D eigenvalue weighted by atomic mass is 10.0. The van der Waals surface area contributed by atoms with E-state index in [1.165, 1.54) is 119 Å². The van der Waals surface area contributed by atoms with Crippen LogP contribution in [0.25, 0.3) is 42.5 Å². The molecule has 8 aromatic rings. The molecule has 0 unspecified atom stereocenters. The van der Waals surface area contributed by atoms with Gasteiger partial charge in [-0.2, -0.15) is 13.9 Å².